The maximum absolute atomic E-state index is 9.64. The number of likely N-dealkylation sites (tertiary alicyclic amines) is 1. The molecule has 16 heavy (non-hydrogen) atoms. The van der Waals surface area contributed by atoms with Crippen LogP contribution in [0.2, 0.25) is 0 Å². The second-order valence-corrected chi connectivity index (χ2v) is 4.39. The van der Waals surface area contributed by atoms with E-state index in [0.717, 1.165) is 30.8 Å². The van der Waals surface area contributed by atoms with Crippen LogP contribution in [0.3, 0.4) is 0 Å². The summed E-state index contributed by atoms with van der Waals surface area (Å²) in [6, 6.07) is 7.48. The zero-order valence-corrected chi connectivity index (χ0v) is 9.15. The molecule has 0 amide bonds. The van der Waals surface area contributed by atoms with Crippen molar-refractivity contribution in [1.29, 1.82) is 0 Å². The Hall–Kier alpha value is -1.48. The lowest BCUT2D eigenvalue weighted by Crippen LogP contribution is -2.17. The average Bonchev–Trinajstić information content (AvgIpc) is 2.88. The molecule has 0 atom stereocenters. The summed E-state index contributed by atoms with van der Waals surface area (Å²) in [6.07, 6.45) is 2.57. The molecule has 1 N–H and O–H groups in total. The summed E-state index contributed by atoms with van der Waals surface area (Å²) in [4.78, 5) is 2.38. The van der Waals surface area contributed by atoms with Crippen molar-refractivity contribution in [2.24, 2.45) is 0 Å². The van der Waals surface area contributed by atoms with Gasteiger partial charge in [0.1, 0.15) is 5.76 Å². The van der Waals surface area contributed by atoms with Crippen molar-refractivity contribution in [1.82, 2.24) is 4.90 Å². The normalized spacial score (nSPS) is 17.2. The Morgan fingerprint density at radius 2 is 2.06 bits per heavy atom. The summed E-state index contributed by atoms with van der Waals surface area (Å²) in [6.45, 7) is 3.17. The monoisotopic (exact) mass is 217 g/mol. The fourth-order valence-electron chi connectivity index (χ4n) is 2.34. The molecule has 3 heteroatoms. The quantitative estimate of drug-likeness (QED) is 0.840. The summed E-state index contributed by atoms with van der Waals surface area (Å²) < 4.78 is 5.67. The first-order valence-electron chi connectivity index (χ1n) is 5.76. The van der Waals surface area contributed by atoms with E-state index in [2.05, 4.69) is 4.90 Å². The van der Waals surface area contributed by atoms with E-state index in [1.807, 2.05) is 18.2 Å². The lowest BCUT2D eigenvalue weighted by Gasteiger charge is -2.11. The van der Waals surface area contributed by atoms with Gasteiger partial charge in [0.25, 0.3) is 0 Å². The maximum atomic E-state index is 9.64. The highest BCUT2D eigenvalue weighted by Crippen LogP contribution is 2.28. The first-order chi connectivity index (χ1) is 7.83. The van der Waals surface area contributed by atoms with E-state index in [4.69, 9.17) is 4.42 Å². The van der Waals surface area contributed by atoms with Crippen LogP contribution in [-0.4, -0.2) is 23.1 Å². The number of phenolic OH excluding ortho intramolecular Hbond substituents is 1. The van der Waals surface area contributed by atoms with Gasteiger partial charge in [-0.2, -0.15) is 0 Å². The largest absolute Gasteiger partial charge is 0.504 e. The zero-order chi connectivity index (χ0) is 11.0. The van der Waals surface area contributed by atoms with Gasteiger partial charge in [-0.15, -0.1) is 0 Å². The van der Waals surface area contributed by atoms with Gasteiger partial charge in [-0.3, -0.25) is 4.90 Å². The van der Waals surface area contributed by atoms with Gasteiger partial charge in [-0.1, -0.05) is 12.1 Å². The molecule has 2 heterocycles. The van der Waals surface area contributed by atoms with Crippen molar-refractivity contribution < 1.29 is 9.52 Å². The van der Waals surface area contributed by atoms with Crippen LogP contribution in [0.15, 0.2) is 28.7 Å². The average molecular weight is 217 g/mol. The molecule has 1 saturated heterocycles. The van der Waals surface area contributed by atoms with Crippen molar-refractivity contribution in [3.63, 3.8) is 0 Å². The van der Waals surface area contributed by atoms with E-state index < -0.39 is 0 Å². The minimum atomic E-state index is 0.227. The number of nitrogens with zero attached hydrogens (tertiary/aromatic N) is 1. The molecule has 2 aromatic rings. The number of fused-ring (bicyclic) bond motifs is 1. The highest BCUT2D eigenvalue weighted by atomic mass is 16.4. The Kier molecular flexibility index (Phi) is 2.33. The molecule has 0 radical (unpaired) electrons. The minimum absolute atomic E-state index is 0.227. The lowest BCUT2D eigenvalue weighted by molar-refractivity contribution is 0.301. The number of benzene rings is 1. The SMILES string of the molecule is Oc1cccc2cc(CN3CCCC3)oc12. The predicted molar refractivity (Wildman–Crippen MR) is 62.4 cm³/mol. The number of para-hydroxylation sites is 1. The number of rotatable bonds is 2. The Labute approximate surface area is 94.3 Å². The van der Waals surface area contributed by atoms with Crippen LogP contribution >= 0.6 is 0 Å². The van der Waals surface area contributed by atoms with Crippen LogP contribution in [0.4, 0.5) is 0 Å². The smallest absolute Gasteiger partial charge is 0.175 e. The second-order valence-electron chi connectivity index (χ2n) is 4.39. The molecule has 0 saturated carbocycles. The number of phenols is 1. The predicted octanol–water partition coefficient (Wildman–Crippen LogP) is 2.73. The molecule has 0 aliphatic carbocycles. The first-order valence-corrected chi connectivity index (χ1v) is 5.76. The van der Waals surface area contributed by atoms with Crippen molar-refractivity contribution in [3.05, 3.63) is 30.0 Å². The number of hydrogen-bond acceptors (Lipinski definition) is 3. The third-order valence-electron chi connectivity index (χ3n) is 3.15. The van der Waals surface area contributed by atoms with Gasteiger partial charge < -0.3 is 9.52 Å². The van der Waals surface area contributed by atoms with Crippen molar-refractivity contribution in [2.75, 3.05) is 13.1 Å². The lowest BCUT2D eigenvalue weighted by atomic mass is 10.2. The molecule has 3 nitrogen and oxygen atoms in total. The third-order valence-corrected chi connectivity index (χ3v) is 3.15. The van der Waals surface area contributed by atoms with Crippen LogP contribution in [0.1, 0.15) is 18.6 Å². The minimum Gasteiger partial charge on any atom is -0.504 e. The summed E-state index contributed by atoms with van der Waals surface area (Å²) in [5, 5.41) is 10.6. The van der Waals surface area contributed by atoms with Crippen LogP contribution in [0, 0.1) is 0 Å². The fourth-order valence-corrected chi connectivity index (χ4v) is 2.34. The molecular formula is C13H15NO2. The van der Waals surface area contributed by atoms with Gasteiger partial charge in [0.15, 0.2) is 11.3 Å². The molecule has 0 unspecified atom stereocenters. The van der Waals surface area contributed by atoms with Crippen molar-refractivity contribution in [2.45, 2.75) is 19.4 Å². The summed E-state index contributed by atoms with van der Waals surface area (Å²) >= 11 is 0. The molecule has 1 aliphatic rings. The van der Waals surface area contributed by atoms with E-state index in [-0.39, 0.29) is 5.75 Å². The molecule has 84 valence electrons. The van der Waals surface area contributed by atoms with Gasteiger partial charge >= 0.3 is 0 Å². The van der Waals surface area contributed by atoms with Crippen LogP contribution < -0.4 is 0 Å². The van der Waals surface area contributed by atoms with Gasteiger partial charge in [0.2, 0.25) is 0 Å². The second kappa shape index (κ2) is 3.83. The Bertz CT molecular complexity index is 498. The van der Waals surface area contributed by atoms with E-state index >= 15 is 0 Å². The van der Waals surface area contributed by atoms with Gasteiger partial charge in [-0.05, 0) is 38.1 Å². The molecule has 1 aromatic heterocycles. The first kappa shape index (κ1) is 9.73. The number of furan rings is 1. The van der Waals surface area contributed by atoms with Crippen LogP contribution in [0.5, 0.6) is 5.75 Å². The van der Waals surface area contributed by atoms with E-state index in [1.165, 1.54) is 12.8 Å². The molecule has 0 spiro atoms. The topological polar surface area (TPSA) is 36.6 Å². The van der Waals surface area contributed by atoms with Gasteiger partial charge in [0.05, 0.1) is 6.54 Å². The molecule has 1 aromatic carbocycles. The Morgan fingerprint density at radius 1 is 1.25 bits per heavy atom. The molecule has 1 fully saturated rings. The summed E-state index contributed by atoms with van der Waals surface area (Å²) in [7, 11) is 0. The fraction of sp³-hybridized carbons (Fsp3) is 0.385. The Morgan fingerprint density at radius 3 is 2.81 bits per heavy atom. The number of hydrogen-bond donors (Lipinski definition) is 1. The third kappa shape index (κ3) is 1.67. The van der Waals surface area contributed by atoms with E-state index in [0.29, 0.717) is 5.58 Å². The van der Waals surface area contributed by atoms with Gasteiger partial charge in [-0.25, -0.2) is 0 Å². The zero-order valence-electron chi connectivity index (χ0n) is 9.15. The molecule has 3 rings (SSSR count). The standard InChI is InChI=1S/C13H15NO2/c15-12-5-3-4-10-8-11(16-13(10)12)9-14-6-1-2-7-14/h3-5,8,15H,1-2,6-7,9H2. The summed E-state index contributed by atoms with van der Waals surface area (Å²) in [5.41, 5.74) is 0.608. The van der Waals surface area contributed by atoms with Crippen molar-refractivity contribution >= 4 is 11.0 Å². The summed E-state index contributed by atoms with van der Waals surface area (Å²) in [5.74, 6) is 1.17. The highest BCUT2D eigenvalue weighted by molar-refractivity contribution is 5.83. The molecule has 1 aliphatic heterocycles. The molecular weight excluding hydrogens is 202 g/mol. The van der Waals surface area contributed by atoms with E-state index in [9.17, 15) is 5.11 Å². The van der Waals surface area contributed by atoms with E-state index in [1.54, 1.807) is 6.07 Å². The Balaban J connectivity index is 1.90. The number of aromatic hydroxyl groups is 1. The molecule has 0 bridgehead atoms. The van der Waals surface area contributed by atoms with Crippen LogP contribution in [-0.2, 0) is 6.54 Å². The van der Waals surface area contributed by atoms with Crippen LogP contribution in [0.25, 0.3) is 11.0 Å². The van der Waals surface area contributed by atoms with Crippen molar-refractivity contribution in [3.8, 4) is 5.75 Å². The maximum Gasteiger partial charge on any atom is 0.175 e. The highest BCUT2D eigenvalue weighted by Gasteiger charge is 2.14. The van der Waals surface area contributed by atoms with Gasteiger partial charge in [0, 0.05) is 5.39 Å².